The normalized spacial score (nSPS) is 20.8. The van der Waals surface area contributed by atoms with Crippen LogP contribution in [-0.2, 0) is 9.53 Å². The molecule has 0 N–H and O–H groups in total. The van der Waals surface area contributed by atoms with Crippen molar-refractivity contribution in [2.75, 3.05) is 33.0 Å². The number of hydrogen-bond acceptors (Lipinski definition) is 7. The first-order valence-electron chi connectivity index (χ1n) is 7.34. The number of amides is 1. The topological polar surface area (TPSA) is 75.9 Å². The Hall–Kier alpha value is -1.81. The second-order valence-electron chi connectivity index (χ2n) is 5.33. The highest BCUT2D eigenvalue weighted by Gasteiger charge is 2.33. The predicted molar refractivity (Wildman–Crippen MR) is 95.4 cm³/mol. The summed E-state index contributed by atoms with van der Waals surface area (Å²) in [5.74, 6) is -0.130. The van der Waals surface area contributed by atoms with Crippen molar-refractivity contribution in [2.24, 2.45) is 0 Å². The second-order valence-corrected chi connectivity index (χ2v) is 7.01. The quantitative estimate of drug-likeness (QED) is 0.350. The molecule has 0 spiro atoms. The van der Waals surface area contributed by atoms with Gasteiger partial charge in [-0.25, -0.2) is 0 Å². The molecule has 1 aromatic carbocycles. The van der Waals surface area contributed by atoms with Gasteiger partial charge in [0, 0.05) is 25.2 Å². The zero-order valence-electron chi connectivity index (χ0n) is 12.7. The summed E-state index contributed by atoms with van der Waals surface area (Å²) < 4.78 is 5.83. The first-order valence-corrected chi connectivity index (χ1v) is 8.57. The Morgan fingerprint density at radius 2 is 1.96 bits per heavy atom. The molecule has 1 aromatic rings. The number of nitrogens with zero attached hydrogens (tertiary/aromatic N) is 3. The number of carbonyl (C=O) groups is 1. The minimum atomic E-state index is -0.453. The number of carbonyl (C=O) groups excluding carboxylic acids is 1. The van der Waals surface area contributed by atoms with E-state index in [1.54, 1.807) is 23.1 Å². The molecule has 2 heterocycles. The molecule has 0 radical (unpaired) electrons. The van der Waals surface area contributed by atoms with Gasteiger partial charge >= 0.3 is 0 Å². The summed E-state index contributed by atoms with van der Waals surface area (Å²) in [4.78, 5) is 27.0. The molecule has 0 unspecified atom stereocenters. The number of nitro groups is 1. The molecule has 2 saturated heterocycles. The van der Waals surface area contributed by atoms with Crippen molar-refractivity contribution in [1.82, 2.24) is 9.80 Å². The lowest BCUT2D eigenvalue weighted by atomic mass is 10.2. The fraction of sp³-hybridized carbons (Fsp3) is 0.333. The lowest BCUT2D eigenvalue weighted by molar-refractivity contribution is -0.384. The van der Waals surface area contributed by atoms with Crippen molar-refractivity contribution in [3.05, 3.63) is 44.8 Å². The van der Waals surface area contributed by atoms with E-state index in [4.69, 9.17) is 17.0 Å². The number of nitro benzene ring substituents is 1. The average Bonchev–Trinajstić information content (AvgIpc) is 2.84. The fourth-order valence-corrected chi connectivity index (χ4v) is 3.65. The Bertz CT molecular complexity index is 699. The zero-order chi connectivity index (χ0) is 17.1. The van der Waals surface area contributed by atoms with E-state index in [2.05, 4.69) is 4.90 Å². The third-order valence-corrected chi connectivity index (χ3v) is 5.10. The van der Waals surface area contributed by atoms with Gasteiger partial charge < -0.3 is 4.74 Å². The molecule has 2 fully saturated rings. The minimum Gasteiger partial charge on any atom is -0.379 e. The maximum absolute atomic E-state index is 12.6. The minimum absolute atomic E-state index is 0.0204. The van der Waals surface area contributed by atoms with Gasteiger partial charge in [0.2, 0.25) is 0 Å². The fourth-order valence-electron chi connectivity index (χ4n) is 2.41. The van der Waals surface area contributed by atoms with E-state index in [0.717, 1.165) is 18.7 Å². The molecule has 0 atom stereocenters. The maximum atomic E-state index is 12.6. The van der Waals surface area contributed by atoms with E-state index < -0.39 is 4.92 Å². The Labute approximate surface area is 148 Å². The summed E-state index contributed by atoms with van der Waals surface area (Å²) >= 11 is 6.57. The van der Waals surface area contributed by atoms with E-state index in [1.165, 1.54) is 23.9 Å². The van der Waals surface area contributed by atoms with Crippen molar-refractivity contribution in [3.63, 3.8) is 0 Å². The Morgan fingerprint density at radius 1 is 1.29 bits per heavy atom. The van der Waals surface area contributed by atoms with Gasteiger partial charge in [0.05, 0.1) is 29.7 Å². The number of benzene rings is 1. The highest BCUT2D eigenvalue weighted by atomic mass is 32.2. The Morgan fingerprint density at radius 3 is 2.58 bits per heavy atom. The molecule has 0 saturated carbocycles. The van der Waals surface area contributed by atoms with Gasteiger partial charge in [-0.1, -0.05) is 24.0 Å². The molecule has 126 valence electrons. The highest BCUT2D eigenvalue weighted by Crippen LogP contribution is 2.32. The van der Waals surface area contributed by atoms with E-state index >= 15 is 0 Å². The van der Waals surface area contributed by atoms with Crippen molar-refractivity contribution in [2.45, 2.75) is 0 Å². The van der Waals surface area contributed by atoms with Gasteiger partial charge in [-0.05, 0) is 23.8 Å². The number of morpholine rings is 1. The third-order valence-electron chi connectivity index (χ3n) is 3.72. The van der Waals surface area contributed by atoms with Crippen LogP contribution in [0, 0.1) is 10.1 Å². The van der Waals surface area contributed by atoms with Crippen LogP contribution in [0.2, 0.25) is 0 Å². The Kier molecular flexibility index (Phi) is 5.24. The number of ether oxygens (including phenoxy) is 1. The number of hydrogen-bond donors (Lipinski definition) is 0. The summed E-state index contributed by atoms with van der Waals surface area (Å²) in [5.41, 5.74) is 0.750. The summed E-state index contributed by atoms with van der Waals surface area (Å²) in [5, 5.41) is 10.7. The van der Waals surface area contributed by atoms with Crippen LogP contribution in [0.3, 0.4) is 0 Å². The van der Waals surface area contributed by atoms with Gasteiger partial charge in [0.15, 0.2) is 0 Å². The van der Waals surface area contributed by atoms with Gasteiger partial charge in [-0.3, -0.25) is 24.7 Å². The van der Waals surface area contributed by atoms with Gasteiger partial charge in [0.25, 0.3) is 11.6 Å². The molecule has 24 heavy (non-hydrogen) atoms. The second kappa shape index (κ2) is 7.39. The van der Waals surface area contributed by atoms with Crippen molar-refractivity contribution < 1.29 is 14.5 Å². The molecular weight excluding hydrogens is 350 g/mol. The molecule has 2 aliphatic rings. The van der Waals surface area contributed by atoms with Crippen LogP contribution >= 0.6 is 24.0 Å². The number of thioether (sulfide) groups is 1. The SMILES string of the molecule is O=C1/C(=C/c2ccc([N+](=O)[O-])cc2)SC(=S)N1CN1CCOCC1. The summed E-state index contributed by atoms with van der Waals surface area (Å²) in [6, 6.07) is 6.07. The van der Waals surface area contributed by atoms with Crippen LogP contribution in [0.5, 0.6) is 0 Å². The van der Waals surface area contributed by atoms with E-state index in [9.17, 15) is 14.9 Å². The van der Waals surface area contributed by atoms with E-state index in [1.807, 2.05) is 0 Å². The maximum Gasteiger partial charge on any atom is 0.269 e. The number of rotatable bonds is 4. The smallest absolute Gasteiger partial charge is 0.269 e. The summed E-state index contributed by atoms with van der Waals surface area (Å²) in [6.45, 7) is 3.34. The number of non-ortho nitro benzene ring substituents is 1. The molecule has 7 nitrogen and oxygen atoms in total. The molecule has 0 bridgehead atoms. The van der Waals surface area contributed by atoms with Gasteiger partial charge in [-0.15, -0.1) is 0 Å². The van der Waals surface area contributed by atoms with Crippen LogP contribution < -0.4 is 0 Å². The zero-order valence-corrected chi connectivity index (χ0v) is 14.3. The van der Waals surface area contributed by atoms with Crippen LogP contribution in [0.4, 0.5) is 5.69 Å². The summed E-state index contributed by atoms with van der Waals surface area (Å²) in [7, 11) is 0. The first kappa shape index (κ1) is 17.0. The molecule has 1 amide bonds. The van der Waals surface area contributed by atoms with Crippen LogP contribution in [-0.4, -0.2) is 57.9 Å². The van der Waals surface area contributed by atoms with Crippen LogP contribution in [0.1, 0.15) is 5.56 Å². The number of thiocarbonyl (C=S) groups is 1. The molecule has 2 aliphatic heterocycles. The molecule has 0 aromatic heterocycles. The molecular formula is C15H15N3O4S2. The lowest BCUT2D eigenvalue weighted by Gasteiger charge is -2.29. The molecule has 0 aliphatic carbocycles. The van der Waals surface area contributed by atoms with Crippen molar-refractivity contribution in [1.29, 1.82) is 0 Å². The van der Waals surface area contributed by atoms with Gasteiger partial charge in [0.1, 0.15) is 4.32 Å². The average molecular weight is 365 g/mol. The van der Waals surface area contributed by atoms with Crippen molar-refractivity contribution >= 4 is 46.0 Å². The highest BCUT2D eigenvalue weighted by molar-refractivity contribution is 8.26. The first-order chi connectivity index (χ1) is 11.5. The predicted octanol–water partition coefficient (Wildman–Crippen LogP) is 2.09. The standard InChI is InChI=1S/C15H15N3O4S2/c19-14-13(9-11-1-3-12(4-2-11)18(20)21)24-15(23)17(14)10-16-5-7-22-8-6-16/h1-4,9H,5-8,10H2/b13-9-. The van der Waals surface area contributed by atoms with Crippen molar-refractivity contribution in [3.8, 4) is 0 Å². The van der Waals surface area contributed by atoms with Crippen LogP contribution in [0.15, 0.2) is 29.2 Å². The molecule has 3 rings (SSSR count). The summed E-state index contributed by atoms with van der Waals surface area (Å²) in [6.07, 6.45) is 1.71. The monoisotopic (exact) mass is 365 g/mol. The molecule has 9 heteroatoms. The van der Waals surface area contributed by atoms with E-state index in [0.29, 0.717) is 29.1 Å². The van der Waals surface area contributed by atoms with Crippen LogP contribution in [0.25, 0.3) is 6.08 Å². The lowest BCUT2D eigenvalue weighted by Crippen LogP contribution is -2.45. The van der Waals surface area contributed by atoms with Gasteiger partial charge in [-0.2, -0.15) is 0 Å². The third kappa shape index (κ3) is 3.81. The van der Waals surface area contributed by atoms with E-state index in [-0.39, 0.29) is 11.6 Å². The largest absolute Gasteiger partial charge is 0.379 e. The Balaban J connectivity index is 1.71.